The Bertz CT molecular complexity index is 786. The molecule has 0 aliphatic rings. The molecule has 6 nitrogen and oxygen atoms in total. The Balaban J connectivity index is 2.37. The monoisotopic (exact) mass is 313 g/mol. The van der Waals surface area contributed by atoms with Crippen LogP contribution in [0.15, 0.2) is 48.0 Å². The van der Waals surface area contributed by atoms with Gasteiger partial charge in [-0.15, -0.1) is 0 Å². The average Bonchev–Trinajstić information content (AvgIpc) is 2.96. The molecule has 1 aromatic heterocycles. The smallest absolute Gasteiger partial charge is 0.158 e. The van der Waals surface area contributed by atoms with E-state index in [1.807, 2.05) is 6.07 Å². The van der Waals surface area contributed by atoms with Gasteiger partial charge in [0.25, 0.3) is 0 Å². The highest BCUT2D eigenvalue weighted by Gasteiger charge is 2.10. The Morgan fingerprint density at radius 2 is 2.39 bits per heavy atom. The van der Waals surface area contributed by atoms with Crippen molar-refractivity contribution in [1.29, 1.82) is 5.26 Å². The normalized spacial score (nSPS) is 13.2. The van der Waals surface area contributed by atoms with Gasteiger partial charge >= 0.3 is 0 Å². The number of aliphatic imine (C=N–C) groups is 1. The number of benzene rings is 1. The van der Waals surface area contributed by atoms with E-state index >= 15 is 0 Å². The van der Waals surface area contributed by atoms with E-state index < -0.39 is 11.9 Å². The molecule has 0 saturated carbocycles. The summed E-state index contributed by atoms with van der Waals surface area (Å²) >= 11 is 0. The van der Waals surface area contributed by atoms with Crippen molar-refractivity contribution in [3.8, 4) is 6.07 Å². The van der Waals surface area contributed by atoms with E-state index in [9.17, 15) is 9.50 Å². The number of nitrogens with zero attached hydrogens (tertiary/aromatic N) is 4. The minimum atomic E-state index is -0.856. The summed E-state index contributed by atoms with van der Waals surface area (Å²) in [5, 5.41) is 18.6. The fourth-order valence-electron chi connectivity index (χ4n) is 2.04. The highest BCUT2D eigenvalue weighted by molar-refractivity contribution is 5.96. The van der Waals surface area contributed by atoms with Gasteiger partial charge in [-0.25, -0.2) is 9.37 Å². The van der Waals surface area contributed by atoms with Crippen LogP contribution in [0.3, 0.4) is 0 Å². The topological polar surface area (TPSA) is 100 Å². The van der Waals surface area contributed by atoms with Crippen molar-refractivity contribution in [2.24, 2.45) is 10.7 Å². The second-order valence-electron chi connectivity index (χ2n) is 4.88. The standard InChI is InChI=1S/C16H16FN5O/c1-11(23)15-6-12(17)2-3-16(15)21-13(4-5-18)8-22-9-14(7-19)20-10-22/h2-6,9-11,23H,8,18H2,1H3. The molecule has 1 aromatic carbocycles. The quantitative estimate of drug-likeness (QED) is 0.826. The third-order valence-electron chi connectivity index (χ3n) is 3.08. The van der Waals surface area contributed by atoms with E-state index in [0.29, 0.717) is 29.2 Å². The summed E-state index contributed by atoms with van der Waals surface area (Å²) in [4.78, 5) is 8.35. The molecule has 0 fully saturated rings. The molecule has 1 atom stereocenters. The summed E-state index contributed by atoms with van der Waals surface area (Å²) in [7, 11) is 0. The van der Waals surface area contributed by atoms with Gasteiger partial charge in [-0.05, 0) is 37.4 Å². The second-order valence-corrected chi connectivity index (χ2v) is 4.88. The molecule has 0 aliphatic carbocycles. The van der Waals surface area contributed by atoms with Gasteiger partial charge in [0.1, 0.15) is 11.9 Å². The highest BCUT2D eigenvalue weighted by Crippen LogP contribution is 2.26. The minimum absolute atomic E-state index is 0.299. The summed E-state index contributed by atoms with van der Waals surface area (Å²) in [5.74, 6) is -0.441. The molecule has 3 N–H and O–H groups in total. The highest BCUT2D eigenvalue weighted by atomic mass is 19.1. The van der Waals surface area contributed by atoms with Crippen LogP contribution < -0.4 is 5.73 Å². The molecule has 118 valence electrons. The van der Waals surface area contributed by atoms with Gasteiger partial charge < -0.3 is 15.4 Å². The number of nitriles is 1. The molecule has 7 heteroatoms. The lowest BCUT2D eigenvalue weighted by molar-refractivity contribution is 0.199. The van der Waals surface area contributed by atoms with Crippen LogP contribution in [0.4, 0.5) is 10.1 Å². The summed E-state index contributed by atoms with van der Waals surface area (Å²) in [6.07, 6.45) is 5.18. The van der Waals surface area contributed by atoms with Gasteiger partial charge in [0.2, 0.25) is 0 Å². The Morgan fingerprint density at radius 1 is 1.61 bits per heavy atom. The van der Waals surface area contributed by atoms with E-state index in [4.69, 9.17) is 11.0 Å². The molecular formula is C16H16FN5O. The van der Waals surface area contributed by atoms with E-state index in [0.717, 1.165) is 0 Å². The van der Waals surface area contributed by atoms with Crippen LogP contribution in [-0.4, -0.2) is 20.4 Å². The molecule has 0 radical (unpaired) electrons. The summed E-state index contributed by atoms with van der Waals surface area (Å²) in [6, 6.07) is 5.97. The van der Waals surface area contributed by atoms with Crippen molar-refractivity contribution < 1.29 is 9.50 Å². The first-order valence-electron chi connectivity index (χ1n) is 6.88. The molecule has 2 rings (SSSR count). The third kappa shape index (κ3) is 4.25. The lowest BCUT2D eigenvalue weighted by Crippen LogP contribution is -2.07. The van der Waals surface area contributed by atoms with E-state index in [1.165, 1.54) is 30.7 Å². The maximum absolute atomic E-state index is 13.3. The fourth-order valence-corrected chi connectivity index (χ4v) is 2.04. The zero-order valence-corrected chi connectivity index (χ0v) is 12.5. The molecule has 0 saturated heterocycles. The fraction of sp³-hybridized carbons (Fsp3) is 0.188. The molecule has 0 aliphatic heterocycles. The number of hydrogen-bond donors (Lipinski definition) is 2. The number of aromatic nitrogens is 2. The number of rotatable bonds is 5. The molecule has 1 heterocycles. The van der Waals surface area contributed by atoms with Crippen LogP contribution in [0.1, 0.15) is 24.3 Å². The molecule has 0 amide bonds. The van der Waals surface area contributed by atoms with Crippen LogP contribution in [0.5, 0.6) is 0 Å². The van der Waals surface area contributed by atoms with Crippen molar-refractivity contribution in [1.82, 2.24) is 9.55 Å². The average molecular weight is 313 g/mol. The summed E-state index contributed by atoms with van der Waals surface area (Å²) in [6.45, 7) is 1.88. The first kappa shape index (κ1) is 16.4. The van der Waals surface area contributed by atoms with Crippen molar-refractivity contribution in [3.63, 3.8) is 0 Å². The number of nitrogens with two attached hydrogens (primary N) is 1. The SMILES string of the molecule is CC(O)c1cc(F)ccc1N=C(C=CN)Cn1cnc(C#N)c1. The Hall–Kier alpha value is -2.98. The summed E-state index contributed by atoms with van der Waals surface area (Å²) < 4.78 is 15.0. The molecule has 0 bridgehead atoms. The van der Waals surface area contributed by atoms with Crippen LogP contribution >= 0.6 is 0 Å². The van der Waals surface area contributed by atoms with Gasteiger partial charge in [-0.2, -0.15) is 5.26 Å². The predicted molar refractivity (Wildman–Crippen MR) is 84.4 cm³/mol. The van der Waals surface area contributed by atoms with Crippen molar-refractivity contribution in [2.75, 3.05) is 0 Å². The van der Waals surface area contributed by atoms with Crippen LogP contribution in [0.2, 0.25) is 0 Å². The minimum Gasteiger partial charge on any atom is -0.405 e. The lowest BCUT2D eigenvalue weighted by atomic mass is 10.1. The number of imidazole rings is 1. The first-order valence-corrected chi connectivity index (χ1v) is 6.88. The van der Waals surface area contributed by atoms with Crippen LogP contribution in [-0.2, 0) is 6.54 Å². The van der Waals surface area contributed by atoms with Gasteiger partial charge in [0.05, 0.1) is 30.4 Å². The van der Waals surface area contributed by atoms with Gasteiger partial charge in [0.15, 0.2) is 5.69 Å². The molecule has 0 spiro atoms. The van der Waals surface area contributed by atoms with E-state index in [-0.39, 0.29) is 0 Å². The first-order chi connectivity index (χ1) is 11.0. The van der Waals surface area contributed by atoms with Crippen molar-refractivity contribution >= 4 is 11.4 Å². The van der Waals surface area contributed by atoms with Gasteiger partial charge in [-0.1, -0.05) is 0 Å². The number of aliphatic hydroxyl groups excluding tert-OH is 1. The second kappa shape index (κ2) is 7.33. The summed E-state index contributed by atoms with van der Waals surface area (Å²) in [5.41, 5.74) is 7.15. The van der Waals surface area contributed by atoms with E-state index in [1.54, 1.807) is 23.8 Å². The van der Waals surface area contributed by atoms with E-state index in [2.05, 4.69) is 9.98 Å². The maximum atomic E-state index is 13.3. The number of allylic oxidation sites excluding steroid dienone is 1. The van der Waals surface area contributed by atoms with Crippen LogP contribution in [0, 0.1) is 17.1 Å². The number of hydrogen-bond acceptors (Lipinski definition) is 5. The van der Waals surface area contributed by atoms with Crippen molar-refractivity contribution in [3.05, 3.63) is 60.1 Å². The number of halogens is 1. The third-order valence-corrected chi connectivity index (χ3v) is 3.08. The predicted octanol–water partition coefficient (Wildman–Crippen LogP) is 2.19. The van der Waals surface area contributed by atoms with Gasteiger partial charge in [-0.3, -0.25) is 4.99 Å². The van der Waals surface area contributed by atoms with Gasteiger partial charge in [0, 0.05) is 11.8 Å². The molecular weight excluding hydrogens is 297 g/mol. The maximum Gasteiger partial charge on any atom is 0.158 e. The Labute approximate surface area is 133 Å². The molecule has 1 unspecified atom stereocenters. The largest absolute Gasteiger partial charge is 0.405 e. The van der Waals surface area contributed by atoms with Crippen molar-refractivity contribution in [2.45, 2.75) is 19.6 Å². The van der Waals surface area contributed by atoms with Crippen LogP contribution in [0.25, 0.3) is 0 Å². The zero-order chi connectivity index (χ0) is 16.8. The molecule has 2 aromatic rings. The Kier molecular flexibility index (Phi) is 5.23. The zero-order valence-electron chi connectivity index (χ0n) is 12.5. The number of aliphatic hydroxyl groups is 1. The Morgan fingerprint density at radius 3 is 3.00 bits per heavy atom. The lowest BCUT2D eigenvalue weighted by Gasteiger charge is -2.10. The molecule has 23 heavy (non-hydrogen) atoms.